The lowest BCUT2D eigenvalue weighted by atomic mass is 10.0. The molecule has 1 aliphatic heterocycles. The lowest BCUT2D eigenvalue weighted by molar-refractivity contribution is 0.261. The number of fused-ring (bicyclic) bond motifs is 1. The van der Waals surface area contributed by atoms with Crippen LogP contribution in [0, 0.1) is 0 Å². The van der Waals surface area contributed by atoms with Crippen LogP contribution in [0.4, 0.5) is 5.69 Å². The number of aryl methyl sites for hydroxylation is 1. The summed E-state index contributed by atoms with van der Waals surface area (Å²) in [7, 11) is 0. The van der Waals surface area contributed by atoms with Crippen LogP contribution < -0.4 is 5.73 Å². The third kappa shape index (κ3) is 2.97. The van der Waals surface area contributed by atoms with E-state index in [2.05, 4.69) is 29.2 Å². The predicted molar refractivity (Wildman–Crippen MR) is 84.7 cm³/mol. The van der Waals surface area contributed by atoms with Crippen molar-refractivity contribution in [1.29, 1.82) is 0 Å². The molecule has 0 bridgehead atoms. The van der Waals surface area contributed by atoms with Crippen molar-refractivity contribution < 1.29 is 0 Å². The van der Waals surface area contributed by atoms with E-state index in [1.165, 1.54) is 17.5 Å². The highest BCUT2D eigenvalue weighted by Gasteiger charge is 2.15. The normalized spacial score (nSPS) is 15.7. The van der Waals surface area contributed by atoms with Crippen molar-refractivity contribution in [3.8, 4) is 0 Å². The fourth-order valence-electron chi connectivity index (χ4n) is 2.86. The Kier molecular flexibility index (Phi) is 3.95. The number of halogens is 1. The molecule has 20 heavy (non-hydrogen) atoms. The third-order valence-corrected chi connectivity index (χ3v) is 4.17. The van der Waals surface area contributed by atoms with Gasteiger partial charge in [0.25, 0.3) is 0 Å². The average Bonchev–Trinajstić information content (AvgIpc) is 2.64. The van der Waals surface area contributed by atoms with Crippen molar-refractivity contribution >= 4 is 17.3 Å². The molecule has 3 heteroatoms. The van der Waals surface area contributed by atoms with Crippen molar-refractivity contribution in [3.63, 3.8) is 0 Å². The molecule has 0 amide bonds. The van der Waals surface area contributed by atoms with Crippen LogP contribution in [-0.2, 0) is 19.5 Å². The van der Waals surface area contributed by atoms with Gasteiger partial charge >= 0.3 is 0 Å². The van der Waals surface area contributed by atoms with E-state index in [1.54, 1.807) is 0 Å². The minimum atomic E-state index is 0.754. The lowest BCUT2D eigenvalue weighted by Crippen LogP contribution is -2.23. The summed E-state index contributed by atoms with van der Waals surface area (Å²) in [5, 5.41) is 0.754. The Bertz CT molecular complexity index is 610. The average molecular weight is 287 g/mol. The van der Waals surface area contributed by atoms with Gasteiger partial charge in [-0.05, 0) is 54.3 Å². The lowest BCUT2D eigenvalue weighted by Gasteiger charge is -2.21. The second-order valence-corrected chi connectivity index (χ2v) is 5.86. The molecule has 0 fully saturated rings. The van der Waals surface area contributed by atoms with Crippen LogP contribution in [0.15, 0.2) is 42.5 Å². The Hall–Kier alpha value is -1.51. The van der Waals surface area contributed by atoms with Crippen LogP contribution in [-0.4, -0.2) is 11.4 Å². The maximum absolute atomic E-state index is 6.07. The smallest absolute Gasteiger partial charge is 0.0410 e. The fraction of sp³-hybridized carbons (Fsp3) is 0.294. The molecule has 0 radical (unpaired) electrons. The summed E-state index contributed by atoms with van der Waals surface area (Å²) in [6.07, 6.45) is 2.36. The zero-order chi connectivity index (χ0) is 13.9. The molecule has 0 aliphatic carbocycles. The van der Waals surface area contributed by atoms with Crippen LogP contribution in [0.5, 0.6) is 0 Å². The molecule has 1 aliphatic rings. The van der Waals surface area contributed by atoms with Gasteiger partial charge in [-0.25, -0.2) is 0 Å². The molecule has 0 saturated carbocycles. The van der Waals surface area contributed by atoms with E-state index in [-0.39, 0.29) is 0 Å². The first-order valence-corrected chi connectivity index (χ1v) is 7.43. The number of hydrogen-bond donors (Lipinski definition) is 1. The van der Waals surface area contributed by atoms with Gasteiger partial charge in [-0.15, -0.1) is 0 Å². The van der Waals surface area contributed by atoms with Gasteiger partial charge in [0.15, 0.2) is 0 Å². The maximum atomic E-state index is 6.07. The molecule has 0 atom stereocenters. The second kappa shape index (κ2) is 5.86. The number of nitrogen functional groups attached to an aromatic ring is 1. The van der Waals surface area contributed by atoms with E-state index in [0.717, 1.165) is 42.3 Å². The quantitative estimate of drug-likeness (QED) is 0.849. The van der Waals surface area contributed by atoms with Gasteiger partial charge in [-0.3, -0.25) is 4.90 Å². The number of rotatable bonds is 2. The van der Waals surface area contributed by atoms with E-state index in [1.807, 2.05) is 18.2 Å². The molecular formula is C17H19ClN2. The molecule has 1 heterocycles. The molecular weight excluding hydrogens is 268 g/mol. The monoisotopic (exact) mass is 286 g/mol. The first-order valence-electron chi connectivity index (χ1n) is 7.05. The van der Waals surface area contributed by atoms with Crippen molar-refractivity contribution in [3.05, 3.63) is 64.2 Å². The highest BCUT2D eigenvalue weighted by molar-refractivity contribution is 6.30. The maximum Gasteiger partial charge on any atom is 0.0410 e. The van der Waals surface area contributed by atoms with E-state index in [0.29, 0.717) is 0 Å². The van der Waals surface area contributed by atoms with Crippen LogP contribution >= 0.6 is 11.6 Å². The first kappa shape index (κ1) is 13.5. The minimum Gasteiger partial charge on any atom is -0.398 e. The van der Waals surface area contributed by atoms with Crippen molar-refractivity contribution in [2.24, 2.45) is 0 Å². The number of benzene rings is 2. The van der Waals surface area contributed by atoms with Gasteiger partial charge in [-0.1, -0.05) is 35.9 Å². The van der Waals surface area contributed by atoms with Crippen molar-refractivity contribution in [2.45, 2.75) is 25.9 Å². The van der Waals surface area contributed by atoms with Gasteiger partial charge in [-0.2, -0.15) is 0 Å². The summed E-state index contributed by atoms with van der Waals surface area (Å²) >= 11 is 6.07. The highest BCUT2D eigenvalue weighted by Crippen LogP contribution is 2.23. The third-order valence-electron chi connectivity index (χ3n) is 3.93. The summed E-state index contributed by atoms with van der Waals surface area (Å²) in [6.45, 7) is 2.95. The predicted octanol–water partition coefficient (Wildman–Crippen LogP) is 3.87. The number of nitrogens with two attached hydrogens (primary N) is 1. The summed E-state index contributed by atoms with van der Waals surface area (Å²) in [5.74, 6) is 0. The van der Waals surface area contributed by atoms with Gasteiger partial charge in [0, 0.05) is 23.8 Å². The van der Waals surface area contributed by atoms with Crippen LogP contribution in [0.25, 0.3) is 0 Å². The topological polar surface area (TPSA) is 29.3 Å². The Balaban J connectivity index is 1.80. The zero-order valence-electron chi connectivity index (χ0n) is 11.5. The van der Waals surface area contributed by atoms with Crippen LogP contribution in [0.2, 0.25) is 5.02 Å². The van der Waals surface area contributed by atoms with Crippen molar-refractivity contribution in [1.82, 2.24) is 4.90 Å². The van der Waals surface area contributed by atoms with E-state index in [9.17, 15) is 0 Å². The van der Waals surface area contributed by atoms with Gasteiger partial charge < -0.3 is 5.73 Å². The van der Waals surface area contributed by atoms with Gasteiger partial charge in [0.1, 0.15) is 0 Å². The first-order chi connectivity index (χ1) is 9.72. The highest BCUT2D eigenvalue weighted by atomic mass is 35.5. The van der Waals surface area contributed by atoms with Gasteiger partial charge in [0.2, 0.25) is 0 Å². The Morgan fingerprint density at radius 3 is 2.75 bits per heavy atom. The molecule has 0 unspecified atom stereocenters. The van der Waals surface area contributed by atoms with E-state index < -0.39 is 0 Å². The molecule has 104 valence electrons. The largest absolute Gasteiger partial charge is 0.398 e. The molecule has 3 rings (SSSR count). The summed E-state index contributed by atoms with van der Waals surface area (Å²) < 4.78 is 0. The Labute approximate surface area is 125 Å². The molecule has 2 N–H and O–H groups in total. The number of anilines is 1. The molecule has 2 aromatic rings. The summed E-state index contributed by atoms with van der Waals surface area (Å²) in [5.41, 5.74) is 10.9. The van der Waals surface area contributed by atoms with Crippen LogP contribution in [0.1, 0.15) is 23.1 Å². The zero-order valence-corrected chi connectivity index (χ0v) is 12.2. The molecule has 0 aromatic heterocycles. The molecule has 0 spiro atoms. The SMILES string of the molecule is Nc1ccc(Cl)cc1CN1CCCc2ccccc2C1. The minimum absolute atomic E-state index is 0.754. The summed E-state index contributed by atoms with van der Waals surface area (Å²) in [6, 6.07) is 14.4. The molecule has 0 saturated heterocycles. The standard InChI is InChI=1S/C17H19ClN2/c18-16-7-8-17(19)15(10-16)12-20-9-3-6-13-4-1-2-5-14(13)11-20/h1-2,4-5,7-8,10H,3,6,9,11-12,19H2. The van der Waals surface area contributed by atoms with Gasteiger partial charge in [0.05, 0.1) is 0 Å². The second-order valence-electron chi connectivity index (χ2n) is 5.43. The Morgan fingerprint density at radius 2 is 1.90 bits per heavy atom. The molecule has 2 aromatic carbocycles. The Morgan fingerprint density at radius 1 is 1.10 bits per heavy atom. The number of hydrogen-bond acceptors (Lipinski definition) is 2. The van der Waals surface area contributed by atoms with E-state index in [4.69, 9.17) is 17.3 Å². The van der Waals surface area contributed by atoms with Crippen LogP contribution in [0.3, 0.4) is 0 Å². The number of nitrogens with zero attached hydrogens (tertiary/aromatic N) is 1. The molecule has 2 nitrogen and oxygen atoms in total. The van der Waals surface area contributed by atoms with E-state index >= 15 is 0 Å². The summed E-state index contributed by atoms with van der Waals surface area (Å²) in [4.78, 5) is 2.45. The van der Waals surface area contributed by atoms with Crippen molar-refractivity contribution in [2.75, 3.05) is 12.3 Å². The fourth-order valence-corrected chi connectivity index (χ4v) is 3.05.